The van der Waals surface area contributed by atoms with Crippen LogP contribution in [0.5, 0.6) is 0 Å². The third-order valence-corrected chi connectivity index (χ3v) is 6.43. The zero-order valence-electron chi connectivity index (χ0n) is 25.1. The quantitative estimate of drug-likeness (QED) is 0.195. The van der Waals surface area contributed by atoms with Crippen molar-refractivity contribution in [2.45, 2.75) is 53.5 Å². The molecule has 0 aliphatic heterocycles. The van der Waals surface area contributed by atoms with Crippen molar-refractivity contribution in [2.75, 3.05) is 44.6 Å². The van der Waals surface area contributed by atoms with E-state index < -0.39 is 0 Å². The molecule has 40 heavy (non-hydrogen) atoms. The monoisotopic (exact) mass is 543 g/mol. The third kappa shape index (κ3) is 8.87. The fourth-order valence-electron chi connectivity index (χ4n) is 4.43. The first-order chi connectivity index (χ1) is 19.2. The number of aromatic amines is 1. The van der Waals surface area contributed by atoms with Crippen LogP contribution in [0.4, 0.5) is 11.4 Å². The second kappa shape index (κ2) is 15.1. The Labute approximate surface area is 240 Å². The molecule has 214 valence electrons. The van der Waals surface area contributed by atoms with Crippen molar-refractivity contribution >= 4 is 17.3 Å². The minimum absolute atomic E-state index is 0.0873. The molecule has 1 aromatic heterocycles. The first-order valence-corrected chi connectivity index (χ1v) is 14.2. The average molecular weight is 544 g/mol. The molecule has 3 N–H and O–H groups in total. The van der Waals surface area contributed by atoms with E-state index in [1.54, 1.807) is 5.01 Å². The molecular formula is C32H45N7O. The first-order valence-electron chi connectivity index (χ1n) is 14.2. The van der Waals surface area contributed by atoms with E-state index in [0.29, 0.717) is 18.9 Å². The molecule has 0 fully saturated rings. The zero-order valence-corrected chi connectivity index (χ0v) is 25.1. The summed E-state index contributed by atoms with van der Waals surface area (Å²) in [7, 11) is 5.92. The zero-order chi connectivity index (χ0) is 29.1. The standard InChI is InChI=1S/C32H45N7O/c1-8-18-37(6)23-31-34-22-29(35-31)27-15-12-25(13-16-27)10-11-26-14-17-28(33-5)30(21-26)38(7)36-39(19-9-2)32(40)20-24(3)4/h12-17,21-22,24,33,36H,8-9,18-20,23H2,1-7H3,(H,34,35). The number of hydrogen-bond acceptors (Lipinski definition) is 6. The van der Waals surface area contributed by atoms with E-state index in [9.17, 15) is 4.79 Å². The molecule has 0 radical (unpaired) electrons. The molecule has 1 heterocycles. The highest BCUT2D eigenvalue weighted by Crippen LogP contribution is 2.25. The minimum Gasteiger partial charge on any atom is -0.386 e. The van der Waals surface area contributed by atoms with Gasteiger partial charge in [-0.15, -0.1) is 5.53 Å². The predicted octanol–water partition coefficient (Wildman–Crippen LogP) is 5.50. The number of hydrogen-bond donors (Lipinski definition) is 3. The maximum absolute atomic E-state index is 12.8. The highest BCUT2D eigenvalue weighted by molar-refractivity contribution is 5.77. The molecule has 0 saturated heterocycles. The lowest BCUT2D eigenvalue weighted by molar-refractivity contribution is -0.135. The second-order valence-electron chi connectivity index (χ2n) is 10.6. The number of carbonyl (C=O) groups excluding carboxylic acids is 1. The summed E-state index contributed by atoms with van der Waals surface area (Å²) in [6.07, 6.45) is 4.38. The summed E-state index contributed by atoms with van der Waals surface area (Å²) in [5.41, 5.74) is 9.03. The number of nitrogens with zero attached hydrogens (tertiary/aromatic N) is 4. The Hall–Kier alpha value is -3.80. The van der Waals surface area contributed by atoms with Gasteiger partial charge in [0.1, 0.15) is 5.82 Å². The normalized spacial score (nSPS) is 10.9. The maximum Gasteiger partial charge on any atom is 0.238 e. The van der Waals surface area contributed by atoms with E-state index >= 15 is 0 Å². The molecule has 8 heteroatoms. The summed E-state index contributed by atoms with van der Waals surface area (Å²) >= 11 is 0. The van der Waals surface area contributed by atoms with E-state index in [4.69, 9.17) is 0 Å². The number of anilines is 2. The minimum atomic E-state index is 0.0873. The van der Waals surface area contributed by atoms with Gasteiger partial charge in [0.05, 0.1) is 29.8 Å². The summed E-state index contributed by atoms with van der Waals surface area (Å²) in [5, 5.41) is 6.81. The Kier molecular flexibility index (Phi) is 11.6. The van der Waals surface area contributed by atoms with Gasteiger partial charge in [0.2, 0.25) is 5.91 Å². The number of carbonyl (C=O) groups is 1. The summed E-state index contributed by atoms with van der Waals surface area (Å²) in [6.45, 7) is 10.9. The van der Waals surface area contributed by atoms with Gasteiger partial charge in [0.15, 0.2) is 0 Å². The summed E-state index contributed by atoms with van der Waals surface area (Å²) in [4.78, 5) is 23.0. The van der Waals surface area contributed by atoms with Gasteiger partial charge in [-0.2, -0.15) is 0 Å². The average Bonchev–Trinajstić information content (AvgIpc) is 3.39. The Bertz CT molecular complexity index is 1290. The summed E-state index contributed by atoms with van der Waals surface area (Å²) in [6, 6.07) is 14.2. The van der Waals surface area contributed by atoms with Gasteiger partial charge in [0.25, 0.3) is 0 Å². The van der Waals surface area contributed by atoms with Crippen LogP contribution in [0.15, 0.2) is 48.7 Å². The molecule has 0 atom stereocenters. The lowest BCUT2D eigenvalue weighted by Gasteiger charge is -2.31. The van der Waals surface area contributed by atoms with Gasteiger partial charge in [-0.25, -0.2) is 4.98 Å². The van der Waals surface area contributed by atoms with E-state index in [0.717, 1.165) is 65.5 Å². The topological polar surface area (TPSA) is 79.5 Å². The van der Waals surface area contributed by atoms with Crippen LogP contribution in [0, 0.1) is 17.8 Å². The van der Waals surface area contributed by atoms with Crippen molar-refractivity contribution in [3.05, 3.63) is 65.6 Å². The lowest BCUT2D eigenvalue weighted by Crippen LogP contribution is -2.51. The number of benzene rings is 2. The number of nitrogens with one attached hydrogen (secondary N) is 3. The van der Waals surface area contributed by atoms with Crippen molar-refractivity contribution < 1.29 is 4.79 Å². The molecule has 3 rings (SSSR count). The van der Waals surface area contributed by atoms with Crippen molar-refractivity contribution in [1.29, 1.82) is 0 Å². The summed E-state index contributed by atoms with van der Waals surface area (Å²) in [5.74, 6) is 7.93. The number of H-pyrrole nitrogens is 1. The highest BCUT2D eigenvalue weighted by atomic mass is 16.2. The molecule has 0 aliphatic rings. The van der Waals surface area contributed by atoms with Gasteiger partial charge in [-0.3, -0.25) is 19.7 Å². The van der Waals surface area contributed by atoms with Crippen molar-refractivity contribution in [1.82, 2.24) is 25.4 Å². The number of aromatic nitrogens is 2. The Morgan fingerprint density at radius 3 is 2.33 bits per heavy atom. The molecule has 0 saturated carbocycles. The van der Waals surface area contributed by atoms with Gasteiger partial charge < -0.3 is 10.3 Å². The van der Waals surface area contributed by atoms with Crippen molar-refractivity contribution in [3.8, 4) is 23.1 Å². The molecule has 0 bridgehead atoms. The Balaban J connectivity index is 1.73. The van der Waals surface area contributed by atoms with Crippen LogP contribution in [0.3, 0.4) is 0 Å². The van der Waals surface area contributed by atoms with Crippen LogP contribution in [0.25, 0.3) is 11.3 Å². The van der Waals surface area contributed by atoms with Crippen LogP contribution in [-0.2, 0) is 11.3 Å². The van der Waals surface area contributed by atoms with E-state index in [-0.39, 0.29) is 5.91 Å². The molecule has 0 aliphatic carbocycles. The number of imidazole rings is 1. The molecular weight excluding hydrogens is 498 g/mol. The van der Waals surface area contributed by atoms with E-state index in [2.05, 4.69) is 84.4 Å². The van der Waals surface area contributed by atoms with Crippen LogP contribution in [-0.4, -0.2) is 60.0 Å². The highest BCUT2D eigenvalue weighted by Gasteiger charge is 2.17. The van der Waals surface area contributed by atoms with Gasteiger partial charge >= 0.3 is 0 Å². The molecule has 0 spiro atoms. The maximum atomic E-state index is 12.8. The van der Waals surface area contributed by atoms with E-state index in [1.165, 1.54) is 0 Å². The molecule has 8 nitrogen and oxygen atoms in total. The second-order valence-corrected chi connectivity index (χ2v) is 10.6. The van der Waals surface area contributed by atoms with Crippen molar-refractivity contribution in [3.63, 3.8) is 0 Å². The molecule has 1 amide bonds. The number of hydrazine groups is 2. The van der Waals surface area contributed by atoms with Crippen LogP contribution in [0.1, 0.15) is 63.9 Å². The fourth-order valence-corrected chi connectivity index (χ4v) is 4.43. The van der Waals surface area contributed by atoms with Crippen LogP contribution >= 0.6 is 0 Å². The lowest BCUT2D eigenvalue weighted by atomic mass is 10.1. The predicted molar refractivity (Wildman–Crippen MR) is 166 cm³/mol. The molecule has 3 aromatic rings. The molecule has 0 unspecified atom stereocenters. The first kappa shape index (κ1) is 30.7. The fraction of sp³-hybridized carbons (Fsp3) is 0.438. The SMILES string of the molecule is CCCN(C)Cc1ncc(-c2ccc(C#Cc3ccc(NC)c(N(C)NN(CCC)C(=O)CC(C)C)c3)cc2)[nH]1. The van der Waals surface area contributed by atoms with Gasteiger partial charge in [-0.05, 0) is 68.2 Å². The smallest absolute Gasteiger partial charge is 0.238 e. The van der Waals surface area contributed by atoms with Crippen LogP contribution < -0.4 is 15.9 Å². The number of rotatable bonds is 13. The third-order valence-electron chi connectivity index (χ3n) is 6.43. The van der Waals surface area contributed by atoms with Crippen LogP contribution in [0.2, 0.25) is 0 Å². The van der Waals surface area contributed by atoms with Gasteiger partial charge in [-0.1, -0.05) is 51.7 Å². The largest absolute Gasteiger partial charge is 0.386 e. The van der Waals surface area contributed by atoms with Crippen molar-refractivity contribution in [2.24, 2.45) is 5.92 Å². The number of amides is 1. The molecule has 2 aromatic carbocycles. The Morgan fingerprint density at radius 1 is 1.00 bits per heavy atom. The summed E-state index contributed by atoms with van der Waals surface area (Å²) < 4.78 is 0. The van der Waals surface area contributed by atoms with Gasteiger partial charge in [0, 0.05) is 38.2 Å². The Morgan fingerprint density at radius 2 is 1.68 bits per heavy atom. The van der Waals surface area contributed by atoms with E-state index in [1.807, 2.05) is 55.6 Å².